The van der Waals surface area contributed by atoms with Crippen LogP contribution in [-0.4, -0.2) is 43.1 Å². The predicted molar refractivity (Wildman–Crippen MR) is 120 cm³/mol. The molecule has 2 aromatic carbocycles. The molecule has 0 aliphatic carbocycles. The highest BCUT2D eigenvalue weighted by Crippen LogP contribution is 2.36. The highest BCUT2D eigenvalue weighted by Gasteiger charge is 2.47. The number of imidazole rings is 1. The van der Waals surface area contributed by atoms with Crippen LogP contribution < -0.4 is 5.73 Å². The van der Waals surface area contributed by atoms with Crippen molar-refractivity contribution in [1.82, 2.24) is 9.55 Å². The fourth-order valence-electron chi connectivity index (χ4n) is 3.28. The van der Waals surface area contributed by atoms with Crippen molar-refractivity contribution in [1.29, 1.82) is 0 Å². The van der Waals surface area contributed by atoms with Gasteiger partial charge in [0.1, 0.15) is 5.83 Å². The number of sulfone groups is 1. The number of carbonyl (C=O) groups is 1. The largest absolute Gasteiger partial charge is 0.501 e. The number of fused-ring (bicyclic) bond motifs is 1. The Hall–Kier alpha value is -2.96. The molecule has 0 spiro atoms. The summed E-state index contributed by atoms with van der Waals surface area (Å²) in [4.78, 5) is 15.5. The molecule has 2 N–H and O–H groups in total. The molecule has 13 heteroatoms. The number of methoxy groups -OCH3 is 1. The Morgan fingerprint density at radius 2 is 1.88 bits per heavy atom. The number of esters is 1. The van der Waals surface area contributed by atoms with E-state index in [1.54, 1.807) is 6.92 Å². The average molecular weight is 522 g/mol. The van der Waals surface area contributed by atoms with E-state index in [4.69, 9.17) is 10.5 Å². The number of hydrogen-bond donors (Lipinski definition) is 1. The number of halogens is 5. The van der Waals surface area contributed by atoms with Crippen LogP contribution in [-0.2, 0) is 21.1 Å². The first-order valence-corrected chi connectivity index (χ1v) is 10.9. The minimum absolute atomic E-state index is 0. The number of rotatable bonds is 6. The number of aromatic nitrogens is 2. The number of carbonyl (C=O) groups excluding carboxylic acids is 1. The molecule has 0 amide bonds. The average Bonchev–Trinajstić information content (AvgIpc) is 3.14. The van der Waals surface area contributed by atoms with Gasteiger partial charge in [-0.2, -0.15) is 13.2 Å². The molecular formula is C21H20ClF4N3O4S. The quantitative estimate of drug-likeness (QED) is 0.382. The van der Waals surface area contributed by atoms with Crippen LogP contribution in [0.25, 0.3) is 22.2 Å². The van der Waals surface area contributed by atoms with Crippen molar-refractivity contribution in [2.75, 3.05) is 13.7 Å². The van der Waals surface area contributed by atoms with Gasteiger partial charge in [-0.15, -0.1) is 12.4 Å². The molecule has 0 atom stereocenters. The fraction of sp³-hybridized carbons (Fsp3) is 0.238. The Balaban J connectivity index is 0.00000408. The van der Waals surface area contributed by atoms with Crippen molar-refractivity contribution in [3.05, 3.63) is 59.7 Å². The number of allylic oxidation sites excluding steroid dienone is 1. The van der Waals surface area contributed by atoms with Gasteiger partial charge < -0.3 is 15.0 Å². The van der Waals surface area contributed by atoms with Gasteiger partial charge in [0.2, 0.25) is 0 Å². The Bertz CT molecular complexity index is 1370. The maximum Gasteiger partial charge on any atom is 0.501 e. The van der Waals surface area contributed by atoms with Gasteiger partial charge in [0.15, 0.2) is 0 Å². The normalized spacial score (nSPS) is 12.5. The molecule has 3 rings (SSSR count). The Morgan fingerprint density at radius 1 is 1.21 bits per heavy atom. The predicted octanol–water partition coefficient (Wildman–Crippen LogP) is 4.33. The zero-order valence-electron chi connectivity index (χ0n) is 17.9. The molecule has 1 heterocycles. The molecule has 34 heavy (non-hydrogen) atoms. The van der Waals surface area contributed by atoms with Gasteiger partial charge >= 0.3 is 11.5 Å². The number of benzene rings is 2. The number of aryl methyl sites for hydroxylation is 1. The summed E-state index contributed by atoms with van der Waals surface area (Å²) in [5.74, 6) is -1.31. The first-order valence-electron chi connectivity index (χ1n) is 9.45. The SMILES string of the molecule is COC(=O)c1cc(-c2cc(S(=O)(=O)C(F)(F)F)ccc2C)c2ncn(C/C(F)=C/CN)c2c1.Cl. The van der Waals surface area contributed by atoms with Crippen molar-refractivity contribution >= 4 is 39.2 Å². The maximum atomic E-state index is 14.1. The van der Waals surface area contributed by atoms with Crippen molar-refractivity contribution in [3.8, 4) is 11.1 Å². The highest BCUT2D eigenvalue weighted by atomic mass is 35.5. The van der Waals surface area contributed by atoms with E-state index in [2.05, 4.69) is 4.98 Å². The second kappa shape index (κ2) is 10.1. The first kappa shape index (κ1) is 27.3. The van der Waals surface area contributed by atoms with Crippen LogP contribution in [0.1, 0.15) is 15.9 Å². The summed E-state index contributed by atoms with van der Waals surface area (Å²) in [6.07, 6.45) is 2.46. The molecule has 0 radical (unpaired) electrons. The summed E-state index contributed by atoms with van der Waals surface area (Å²) in [5.41, 5.74) is 1.10. The minimum atomic E-state index is -5.61. The first-order chi connectivity index (χ1) is 15.4. The fourth-order valence-corrected chi connectivity index (χ4v) is 4.07. The van der Waals surface area contributed by atoms with Crippen molar-refractivity contribution in [3.63, 3.8) is 0 Å². The van der Waals surface area contributed by atoms with Gasteiger partial charge in [-0.25, -0.2) is 22.6 Å². The second-order valence-electron chi connectivity index (χ2n) is 7.07. The van der Waals surface area contributed by atoms with Crippen LogP contribution in [0.4, 0.5) is 17.6 Å². The second-order valence-corrected chi connectivity index (χ2v) is 9.01. The molecule has 0 saturated heterocycles. The Morgan fingerprint density at radius 3 is 2.47 bits per heavy atom. The van der Waals surface area contributed by atoms with E-state index in [1.807, 2.05) is 0 Å². The zero-order valence-corrected chi connectivity index (χ0v) is 19.5. The van der Waals surface area contributed by atoms with E-state index >= 15 is 0 Å². The van der Waals surface area contributed by atoms with Crippen LogP contribution in [0.15, 0.2) is 53.5 Å². The molecule has 184 valence electrons. The van der Waals surface area contributed by atoms with Gasteiger partial charge in [0, 0.05) is 12.1 Å². The molecule has 1 aromatic heterocycles. The molecule has 0 fully saturated rings. The van der Waals surface area contributed by atoms with Crippen LogP contribution >= 0.6 is 12.4 Å². The lowest BCUT2D eigenvalue weighted by Crippen LogP contribution is -2.23. The third kappa shape index (κ3) is 5.08. The molecule has 0 bridgehead atoms. The van der Waals surface area contributed by atoms with Gasteiger partial charge in [0.05, 0.1) is 41.5 Å². The number of ether oxygens (including phenoxy) is 1. The summed E-state index contributed by atoms with van der Waals surface area (Å²) >= 11 is 0. The molecule has 3 aromatic rings. The number of hydrogen-bond acceptors (Lipinski definition) is 6. The monoisotopic (exact) mass is 521 g/mol. The standard InChI is InChI=1S/C21H19F4N3O4S.ClH/c1-12-3-4-15(33(30,31)21(23,24)25)9-16(12)17-7-13(20(29)32-2)8-18-19(17)27-11-28(18)10-14(22)5-6-26;/h3-5,7-9,11H,6,10,26H2,1-2H3;1H/b14-5-;. The van der Waals surface area contributed by atoms with Gasteiger partial charge in [-0.1, -0.05) is 6.07 Å². The Kier molecular flexibility index (Phi) is 8.12. The molecule has 0 saturated carbocycles. The minimum Gasteiger partial charge on any atom is -0.465 e. The smallest absolute Gasteiger partial charge is 0.465 e. The van der Waals surface area contributed by atoms with Crippen LogP contribution in [0.2, 0.25) is 0 Å². The Labute approximate surface area is 198 Å². The zero-order chi connectivity index (χ0) is 24.6. The van der Waals surface area contributed by atoms with Crippen molar-refractivity contribution in [2.45, 2.75) is 23.9 Å². The summed E-state index contributed by atoms with van der Waals surface area (Å²) < 4.78 is 83.4. The van der Waals surface area contributed by atoms with Gasteiger partial charge in [0.25, 0.3) is 9.84 Å². The van der Waals surface area contributed by atoms with E-state index < -0.39 is 32.0 Å². The number of nitrogens with two attached hydrogens (primary N) is 1. The van der Waals surface area contributed by atoms with E-state index in [9.17, 15) is 30.8 Å². The molecular weight excluding hydrogens is 502 g/mol. The van der Waals surface area contributed by atoms with E-state index in [-0.39, 0.29) is 53.2 Å². The van der Waals surface area contributed by atoms with Gasteiger partial charge in [-0.05, 0) is 48.4 Å². The van der Waals surface area contributed by atoms with Crippen LogP contribution in [0.3, 0.4) is 0 Å². The van der Waals surface area contributed by atoms with E-state index in [0.717, 1.165) is 25.3 Å². The van der Waals surface area contributed by atoms with Crippen LogP contribution in [0.5, 0.6) is 0 Å². The van der Waals surface area contributed by atoms with Gasteiger partial charge in [-0.3, -0.25) is 0 Å². The molecule has 0 aliphatic heterocycles. The summed E-state index contributed by atoms with van der Waals surface area (Å²) in [7, 11) is -4.46. The third-order valence-corrected chi connectivity index (χ3v) is 6.41. The van der Waals surface area contributed by atoms with E-state index in [1.165, 1.54) is 29.1 Å². The van der Waals surface area contributed by atoms with E-state index in [0.29, 0.717) is 5.56 Å². The summed E-state index contributed by atoms with van der Waals surface area (Å²) in [6, 6.07) is 5.70. The molecule has 7 nitrogen and oxygen atoms in total. The lowest BCUT2D eigenvalue weighted by molar-refractivity contribution is -0.0436. The summed E-state index contributed by atoms with van der Waals surface area (Å²) in [6.45, 7) is 1.28. The highest BCUT2D eigenvalue weighted by molar-refractivity contribution is 7.92. The number of nitrogens with zero attached hydrogens (tertiary/aromatic N) is 2. The lowest BCUT2D eigenvalue weighted by atomic mass is 9.97. The van der Waals surface area contributed by atoms with Crippen molar-refractivity contribution in [2.24, 2.45) is 5.73 Å². The van der Waals surface area contributed by atoms with Crippen molar-refractivity contribution < 1.29 is 35.5 Å². The number of alkyl halides is 3. The summed E-state index contributed by atoms with van der Waals surface area (Å²) in [5, 5.41) is 0. The third-order valence-electron chi connectivity index (χ3n) is 4.92. The maximum absolute atomic E-state index is 14.1. The molecule has 0 unspecified atom stereocenters. The topological polar surface area (TPSA) is 104 Å². The molecule has 0 aliphatic rings. The lowest BCUT2D eigenvalue weighted by Gasteiger charge is -2.13. The van der Waals surface area contributed by atoms with Crippen LogP contribution in [0, 0.1) is 6.92 Å².